The van der Waals surface area contributed by atoms with Crippen LogP contribution in [0.1, 0.15) is 32.6 Å². The predicted molar refractivity (Wildman–Crippen MR) is 43.4 cm³/mol. The summed E-state index contributed by atoms with van der Waals surface area (Å²) in [5.74, 6) is 0. The summed E-state index contributed by atoms with van der Waals surface area (Å²) in [6.07, 6.45) is 6.85. The molecule has 0 rings (SSSR count). The summed E-state index contributed by atoms with van der Waals surface area (Å²) in [5.41, 5.74) is 0. The van der Waals surface area contributed by atoms with Crippen molar-refractivity contribution in [3.05, 3.63) is 18.0 Å². The third-order valence-electron chi connectivity index (χ3n) is 1.17. The highest BCUT2D eigenvalue weighted by atomic mass is 35.5. The summed E-state index contributed by atoms with van der Waals surface area (Å²) in [7, 11) is 0. The highest BCUT2D eigenvalue weighted by Gasteiger charge is 1.82. The molecule has 0 aromatic rings. The molecule has 0 spiro atoms. The summed E-state index contributed by atoms with van der Waals surface area (Å²) in [5, 5.41) is 0.672. The standard InChI is InChI=1S/C8H14Cl/c1-3-4-5-6-7-8(2)9/h7H,2-6H2,1H3/b8-7-. The van der Waals surface area contributed by atoms with Gasteiger partial charge in [-0.15, -0.1) is 0 Å². The molecule has 0 heterocycles. The normalized spacial score (nSPS) is 12.1. The Morgan fingerprint density at radius 1 is 1.56 bits per heavy atom. The van der Waals surface area contributed by atoms with E-state index in [9.17, 15) is 0 Å². The minimum absolute atomic E-state index is 0.672. The zero-order chi connectivity index (χ0) is 7.11. The lowest BCUT2D eigenvalue weighted by Crippen LogP contribution is -1.70. The van der Waals surface area contributed by atoms with E-state index in [1.54, 1.807) is 0 Å². The molecule has 0 N–H and O–H groups in total. The highest BCUT2D eigenvalue weighted by molar-refractivity contribution is 6.30. The van der Waals surface area contributed by atoms with Crippen molar-refractivity contribution >= 4 is 11.6 Å². The van der Waals surface area contributed by atoms with Crippen molar-refractivity contribution in [1.82, 2.24) is 0 Å². The number of hydrogen-bond donors (Lipinski definition) is 0. The minimum atomic E-state index is 0.672. The van der Waals surface area contributed by atoms with Crippen LogP contribution in [-0.2, 0) is 0 Å². The maximum atomic E-state index is 5.51. The molecule has 9 heavy (non-hydrogen) atoms. The van der Waals surface area contributed by atoms with Gasteiger partial charge in [0.15, 0.2) is 0 Å². The van der Waals surface area contributed by atoms with Crippen molar-refractivity contribution in [3.8, 4) is 0 Å². The molecule has 0 aromatic heterocycles. The van der Waals surface area contributed by atoms with Gasteiger partial charge in [0.1, 0.15) is 0 Å². The van der Waals surface area contributed by atoms with Crippen LogP contribution in [0.25, 0.3) is 0 Å². The molecule has 0 aromatic carbocycles. The zero-order valence-corrected chi connectivity index (χ0v) is 6.75. The van der Waals surface area contributed by atoms with Gasteiger partial charge in [0.2, 0.25) is 0 Å². The molecule has 0 saturated carbocycles. The highest BCUT2D eigenvalue weighted by Crippen LogP contribution is 2.04. The molecule has 0 nitrogen and oxygen atoms in total. The van der Waals surface area contributed by atoms with E-state index in [2.05, 4.69) is 13.8 Å². The van der Waals surface area contributed by atoms with Gasteiger partial charge in [0, 0.05) is 5.03 Å². The quantitative estimate of drug-likeness (QED) is 0.531. The summed E-state index contributed by atoms with van der Waals surface area (Å²) in [6.45, 7) is 5.75. The van der Waals surface area contributed by atoms with Crippen molar-refractivity contribution in [1.29, 1.82) is 0 Å². The lowest BCUT2D eigenvalue weighted by atomic mass is 10.2. The van der Waals surface area contributed by atoms with E-state index in [0.29, 0.717) is 5.03 Å². The number of hydrogen-bond acceptors (Lipinski definition) is 0. The molecule has 0 aliphatic carbocycles. The van der Waals surface area contributed by atoms with Gasteiger partial charge in [-0.25, -0.2) is 0 Å². The molecule has 0 bridgehead atoms. The van der Waals surface area contributed by atoms with Crippen molar-refractivity contribution in [3.63, 3.8) is 0 Å². The maximum Gasteiger partial charge on any atom is 0.0144 e. The first kappa shape index (κ1) is 9.03. The fourth-order valence-electron chi connectivity index (χ4n) is 0.653. The van der Waals surface area contributed by atoms with E-state index in [4.69, 9.17) is 11.6 Å². The first-order valence-corrected chi connectivity index (χ1v) is 3.82. The first-order chi connectivity index (χ1) is 4.27. The molecule has 53 valence electrons. The first-order valence-electron chi connectivity index (χ1n) is 3.45. The van der Waals surface area contributed by atoms with Crippen LogP contribution in [0.3, 0.4) is 0 Å². The summed E-state index contributed by atoms with van der Waals surface area (Å²) in [6, 6.07) is 0. The van der Waals surface area contributed by atoms with Crippen LogP contribution in [-0.4, -0.2) is 0 Å². The average molecular weight is 146 g/mol. The van der Waals surface area contributed by atoms with Crippen LogP contribution in [0.2, 0.25) is 0 Å². The molecule has 0 fully saturated rings. The summed E-state index contributed by atoms with van der Waals surface area (Å²) < 4.78 is 0. The second-order valence-electron chi connectivity index (χ2n) is 2.15. The van der Waals surface area contributed by atoms with Crippen molar-refractivity contribution < 1.29 is 0 Å². The second kappa shape index (κ2) is 6.15. The van der Waals surface area contributed by atoms with E-state index in [1.165, 1.54) is 19.3 Å². The fraction of sp³-hybridized carbons (Fsp3) is 0.625. The molecular weight excluding hydrogens is 132 g/mol. The largest absolute Gasteiger partial charge is 0.0895 e. The van der Waals surface area contributed by atoms with Crippen LogP contribution < -0.4 is 0 Å². The van der Waals surface area contributed by atoms with Crippen LogP contribution in [0.5, 0.6) is 0 Å². The average Bonchev–Trinajstić information content (AvgIpc) is 1.80. The van der Waals surface area contributed by atoms with Crippen molar-refractivity contribution in [2.45, 2.75) is 32.6 Å². The van der Waals surface area contributed by atoms with E-state index >= 15 is 0 Å². The Morgan fingerprint density at radius 3 is 2.67 bits per heavy atom. The van der Waals surface area contributed by atoms with Crippen LogP contribution >= 0.6 is 11.6 Å². The minimum Gasteiger partial charge on any atom is -0.0895 e. The van der Waals surface area contributed by atoms with Crippen LogP contribution in [0.4, 0.5) is 0 Å². The second-order valence-corrected chi connectivity index (χ2v) is 2.63. The van der Waals surface area contributed by atoms with E-state index in [1.807, 2.05) is 6.08 Å². The summed E-state index contributed by atoms with van der Waals surface area (Å²) in [4.78, 5) is 0. The van der Waals surface area contributed by atoms with Gasteiger partial charge < -0.3 is 0 Å². The molecule has 0 unspecified atom stereocenters. The summed E-state index contributed by atoms with van der Waals surface area (Å²) >= 11 is 5.51. The zero-order valence-electron chi connectivity index (χ0n) is 5.99. The lowest BCUT2D eigenvalue weighted by molar-refractivity contribution is 0.729. The molecular formula is C8H14Cl. The van der Waals surface area contributed by atoms with Crippen LogP contribution in [0.15, 0.2) is 11.1 Å². The number of allylic oxidation sites excluding steroid dienone is 2. The van der Waals surface area contributed by atoms with Crippen molar-refractivity contribution in [2.24, 2.45) is 0 Å². The third-order valence-corrected chi connectivity index (χ3v) is 1.33. The van der Waals surface area contributed by atoms with Gasteiger partial charge in [0.25, 0.3) is 0 Å². The predicted octanol–water partition coefficient (Wildman–Crippen LogP) is 3.52. The Hall–Kier alpha value is 0.0300. The number of halogens is 1. The monoisotopic (exact) mass is 145 g/mol. The molecule has 0 saturated heterocycles. The van der Waals surface area contributed by atoms with E-state index in [0.717, 1.165) is 6.42 Å². The van der Waals surface area contributed by atoms with Gasteiger partial charge in [-0.1, -0.05) is 37.4 Å². The Balaban J connectivity index is 3.00. The molecule has 0 aliphatic rings. The maximum absolute atomic E-state index is 5.51. The van der Waals surface area contributed by atoms with Crippen molar-refractivity contribution in [2.75, 3.05) is 0 Å². The molecule has 1 radical (unpaired) electrons. The fourth-order valence-corrected chi connectivity index (χ4v) is 0.762. The lowest BCUT2D eigenvalue weighted by Gasteiger charge is -1.91. The Labute approximate surface area is 62.9 Å². The molecule has 1 heteroatoms. The van der Waals surface area contributed by atoms with Crippen LogP contribution in [0, 0.1) is 6.92 Å². The third kappa shape index (κ3) is 8.03. The Bertz CT molecular complexity index is 80.6. The van der Waals surface area contributed by atoms with Gasteiger partial charge in [0.05, 0.1) is 0 Å². The molecule has 0 amide bonds. The van der Waals surface area contributed by atoms with Gasteiger partial charge in [-0.3, -0.25) is 0 Å². The SMILES string of the molecule is [CH2]/C(Cl)=C/CCCCC. The molecule has 0 atom stereocenters. The number of rotatable bonds is 4. The Kier molecular flexibility index (Phi) is 6.18. The van der Waals surface area contributed by atoms with Gasteiger partial charge >= 0.3 is 0 Å². The van der Waals surface area contributed by atoms with Gasteiger partial charge in [-0.2, -0.15) is 0 Å². The van der Waals surface area contributed by atoms with Gasteiger partial charge in [-0.05, 0) is 19.8 Å². The smallest absolute Gasteiger partial charge is 0.0144 e. The Morgan fingerprint density at radius 2 is 2.22 bits per heavy atom. The topological polar surface area (TPSA) is 0 Å². The number of unbranched alkanes of at least 4 members (excludes halogenated alkanes) is 3. The van der Waals surface area contributed by atoms with E-state index < -0.39 is 0 Å². The van der Waals surface area contributed by atoms with E-state index in [-0.39, 0.29) is 0 Å². The molecule has 0 aliphatic heterocycles.